The highest BCUT2D eigenvalue weighted by molar-refractivity contribution is 9.09. The standard InChI is InChI=1S/C10H18BrNO4Si/c1-17(2,3)16-7-4-8(10(14)15)12(6-7)9(13)5-11/h7-8H,4-6H2,1-3H3,(H,14,15). The summed E-state index contributed by atoms with van der Waals surface area (Å²) < 4.78 is 5.87. The summed E-state index contributed by atoms with van der Waals surface area (Å²) in [5, 5.41) is 9.24. The maximum absolute atomic E-state index is 11.6. The molecule has 0 radical (unpaired) electrons. The van der Waals surface area contributed by atoms with Gasteiger partial charge in [0.15, 0.2) is 8.32 Å². The average molecular weight is 324 g/mol. The quantitative estimate of drug-likeness (QED) is 0.625. The van der Waals surface area contributed by atoms with Gasteiger partial charge in [0, 0.05) is 13.0 Å². The first-order valence-corrected chi connectivity index (χ1v) is 10.0. The second kappa shape index (κ2) is 5.49. The Hall–Kier alpha value is -0.403. The monoisotopic (exact) mass is 323 g/mol. The highest BCUT2D eigenvalue weighted by atomic mass is 79.9. The largest absolute Gasteiger partial charge is 0.480 e. The number of carboxylic acid groups (broad SMARTS) is 1. The van der Waals surface area contributed by atoms with Crippen molar-refractivity contribution >= 4 is 36.1 Å². The van der Waals surface area contributed by atoms with E-state index in [0.717, 1.165) is 0 Å². The van der Waals surface area contributed by atoms with Crippen LogP contribution in [0, 0.1) is 0 Å². The highest BCUT2D eigenvalue weighted by Gasteiger charge is 2.41. The number of likely N-dealkylation sites (tertiary alicyclic amines) is 1. The smallest absolute Gasteiger partial charge is 0.326 e. The lowest BCUT2D eigenvalue weighted by Gasteiger charge is -2.23. The molecule has 1 saturated heterocycles. The Morgan fingerprint density at radius 1 is 1.47 bits per heavy atom. The van der Waals surface area contributed by atoms with Gasteiger partial charge < -0.3 is 14.4 Å². The molecule has 0 aromatic rings. The van der Waals surface area contributed by atoms with E-state index >= 15 is 0 Å². The minimum atomic E-state index is -1.70. The van der Waals surface area contributed by atoms with Crippen LogP contribution >= 0.6 is 15.9 Å². The van der Waals surface area contributed by atoms with Gasteiger partial charge in [-0.25, -0.2) is 4.79 Å². The molecule has 2 atom stereocenters. The molecule has 2 unspecified atom stereocenters. The van der Waals surface area contributed by atoms with E-state index in [1.54, 1.807) is 0 Å². The molecule has 0 saturated carbocycles. The van der Waals surface area contributed by atoms with Gasteiger partial charge in [0.2, 0.25) is 5.91 Å². The second-order valence-corrected chi connectivity index (χ2v) is 10.1. The molecular formula is C10H18BrNO4Si. The van der Waals surface area contributed by atoms with E-state index in [1.807, 2.05) is 0 Å². The molecule has 17 heavy (non-hydrogen) atoms. The SMILES string of the molecule is C[Si](C)(C)OC1CC(C(=O)O)N(C(=O)CBr)C1. The van der Waals surface area contributed by atoms with Gasteiger partial charge in [0.25, 0.3) is 0 Å². The van der Waals surface area contributed by atoms with E-state index in [2.05, 4.69) is 35.6 Å². The summed E-state index contributed by atoms with van der Waals surface area (Å²) in [6.45, 7) is 6.54. The van der Waals surface area contributed by atoms with E-state index in [-0.39, 0.29) is 17.3 Å². The van der Waals surface area contributed by atoms with Crippen molar-refractivity contribution in [1.82, 2.24) is 4.90 Å². The molecule has 1 aliphatic rings. The molecule has 0 aromatic carbocycles. The third kappa shape index (κ3) is 4.08. The Bertz CT molecular complexity index is 318. The maximum Gasteiger partial charge on any atom is 0.326 e. The fourth-order valence-corrected chi connectivity index (χ4v) is 3.46. The van der Waals surface area contributed by atoms with Crippen LogP contribution in [-0.4, -0.2) is 54.2 Å². The third-order valence-corrected chi connectivity index (χ3v) is 4.02. The predicted molar refractivity (Wildman–Crippen MR) is 69.8 cm³/mol. The van der Waals surface area contributed by atoms with Gasteiger partial charge in [0.1, 0.15) is 6.04 Å². The Kier molecular flexibility index (Phi) is 4.74. The van der Waals surface area contributed by atoms with E-state index in [1.165, 1.54) is 4.90 Å². The van der Waals surface area contributed by atoms with E-state index in [0.29, 0.717) is 13.0 Å². The highest BCUT2D eigenvalue weighted by Crippen LogP contribution is 2.24. The van der Waals surface area contributed by atoms with Gasteiger partial charge in [-0.2, -0.15) is 0 Å². The van der Waals surface area contributed by atoms with Gasteiger partial charge in [-0.05, 0) is 19.6 Å². The molecule has 5 nitrogen and oxygen atoms in total. The zero-order chi connectivity index (χ0) is 13.2. The first-order chi connectivity index (χ1) is 7.74. The first kappa shape index (κ1) is 14.7. The van der Waals surface area contributed by atoms with Crippen molar-refractivity contribution < 1.29 is 19.1 Å². The Balaban J connectivity index is 2.72. The molecular weight excluding hydrogens is 306 g/mol. The van der Waals surface area contributed by atoms with Crippen molar-refractivity contribution in [2.45, 2.75) is 38.2 Å². The number of carboxylic acids is 1. The number of alkyl halides is 1. The number of amides is 1. The summed E-state index contributed by atoms with van der Waals surface area (Å²) in [6, 6.07) is -0.749. The molecule has 1 rings (SSSR count). The molecule has 1 amide bonds. The summed E-state index contributed by atoms with van der Waals surface area (Å²) in [7, 11) is -1.70. The van der Waals surface area contributed by atoms with Gasteiger partial charge in [0.05, 0.1) is 11.4 Å². The minimum absolute atomic E-state index is 0.147. The van der Waals surface area contributed by atoms with Crippen LogP contribution in [0.25, 0.3) is 0 Å². The zero-order valence-corrected chi connectivity index (χ0v) is 12.9. The number of carbonyl (C=O) groups excluding carboxylic acids is 1. The predicted octanol–water partition coefficient (Wildman–Crippen LogP) is 1.29. The number of hydrogen-bond acceptors (Lipinski definition) is 3. The van der Waals surface area contributed by atoms with E-state index < -0.39 is 20.3 Å². The maximum atomic E-state index is 11.6. The van der Waals surface area contributed by atoms with Crippen LogP contribution in [0.15, 0.2) is 0 Å². The van der Waals surface area contributed by atoms with Crippen LogP contribution < -0.4 is 0 Å². The van der Waals surface area contributed by atoms with Gasteiger partial charge in [-0.15, -0.1) is 0 Å². The van der Waals surface area contributed by atoms with Crippen LogP contribution in [0.5, 0.6) is 0 Å². The Labute approximate surface area is 110 Å². The fourth-order valence-electron chi connectivity index (χ4n) is 1.97. The van der Waals surface area contributed by atoms with Crippen LogP contribution in [0.1, 0.15) is 6.42 Å². The third-order valence-electron chi connectivity index (χ3n) is 2.50. The van der Waals surface area contributed by atoms with Gasteiger partial charge in [-0.3, -0.25) is 4.79 Å². The van der Waals surface area contributed by atoms with Crippen LogP contribution in [-0.2, 0) is 14.0 Å². The lowest BCUT2D eigenvalue weighted by molar-refractivity contribution is -0.147. The number of rotatable bonds is 4. The number of halogens is 1. The molecule has 1 fully saturated rings. The Morgan fingerprint density at radius 2 is 2.06 bits per heavy atom. The van der Waals surface area contributed by atoms with Crippen LogP contribution in [0.2, 0.25) is 19.6 Å². The molecule has 1 aliphatic heterocycles. The van der Waals surface area contributed by atoms with Crippen molar-refractivity contribution in [3.8, 4) is 0 Å². The summed E-state index contributed by atoms with van der Waals surface area (Å²) >= 11 is 3.07. The molecule has 1 heterocycles. The van der Waals surface area contributed by atoms with E-state index in [4.69, 9.17) is 9.53 Å². The number of nitrogens with zero attached hydrogens (tertiary/aromatic N) is 1. The normalized spacial score (nSPS) is 25.1. The molecule has 98 valence electrons. The van der Waals surface area contributed by atoms with Crippen molar-refractivity contribution in [2.24, 2.45) is 0 Å². The molecule has 7 heteroatoms. The molecule has 0 spiro atoms. The van der Waals surface area contributed by atoms with Gasteiger partial charge in [-0.1, -0.05) is 15.9 Å². The lowest BCUT2D eigenvalue weighted by Crippen LogP contribution is -2.41. The first-order valence-electron chi connectivity index (χ1n) is 5.50. The summed E-state index contributed by atoms with van der Waals surface area (Å²) in [5.41, 5.74) is 0. The second-order valence-electron chi connectivity index (χ2n) is 5.12. The lowest BCUT2D eigenvalue weighted by atomic mass is 10.2. The minimum Gasteiger partial charge on any atom is -0.480 e. The molecule has 1 N–H and O–H groups in total. The summed E-state index contributed by atoms with van der Waals surface area (Å²) in [5.74, 6) is -1.15. The number of aliphatic carboxylic acids is 1. The zero-order valence-electron chi connectivity index (χ0n) is 10.3. The topological polar surface area (TPSA) is 66.8 Å². The van der Waals surface area contributed by atoms with Crippen molar-refractivity contribution in [2.75, 3.05) is 11.9 Å². The average Bonchev–Trinajstić information content (AvgIpc) is 2.57. The molecule has 0 bridgehead atoms. The number of carbonyl (C=O) groups is 2. The molecule has 0 aromatic heterocycles. The van der Waals surface area contributed by atoms with Crippen molar-refractivity contribution in [3.63, 3.8) is 0 Å². The fraction of sp³-hybridized carbons (Fsp3) is 0.800. The number of hydrogen-bond donors (Lipinski definition) is 1. The van der Waals surface area contributed by atoms with Crippen molar-refractivity contribution in [3.05, 3.63) is 0 Å². The summed E-state index contributed by atoms with van der Waals surface area (Å²) in [6.07, 6.45) is 0.240. The summed E-state index contributed by atoms with van der Waals surface area (Å²) in [4.78, 5) is 24.1. The van der Waals surface area contributed by atoms with E-state index in [9.17, 15) is 9.59 Å². The van der Waals surface area contributed by atoms with Crippen molar-refractivity contribution in [1.29, 1.82) is 0 Å². The van der Waals surface area contributed by atoms with Gasteiger partial charge >= 0.3 is 5.97 Å². The molecule has 0 aliphatic carbocycles. The van der Waals surface area contributed by atoms with Crippen LogP contribution in [0.3, 0.4) is 0 Å². The Morgan fingerprint density at radius 3 is 2.47 bits per heavy atom. The van der Waals surface area contributed by atoms with Crippen LogP contribution in [0.4, 0.5) is 0 Å².